The first kappa shape index (κ1) is 16.6. The van der Waals surface area contributed by atoms with Crippen LogP contribution in [0.2, 0.25) is 0 Å². The number of carbonyl (C=O) groups excluding carboxylic acids is 1. The van der Waals surface area contributed by atoms with E-state index >= 15 is 0 Å². The van der Waals surface area contributed by atoms with E-state index < -0.39 is 0 Å². The van der Waals surface area contributed by atoms with E-state index in [9.17, 15) is 4.79 Å². The molecule has 118 valence electrons. The van der Waals surface area contributed by atoms with Crippen molar-refractivity contribution in [3.8, 4) is 11.1 Å². The van der Waals surface area contributed by atoms with Crippen LogP contribution in [0, 0.1) is 0 Å². The first-order chi connectivity index (χ1) is 10.5. The number of hydrogen-bond donors (Lipinski definition) is 1. The lowest BCUT2D eigenvalue weighted by molar-refractivity contribution is 0.0529. The molecule has 0 aliphatic carbocycles. The maximum Gasteiger partial charge on any atom is 0.341 e. The molecule has 1 heterocycles. The molecular weight excluding hydrogens is 294 g/mol. The van der Waals surface area contributed by atoms with Gasteiger partial charge in [-0.25, -0.2) is 4.79 Å². The number of anilines is 1. The average molecular weight is 317 g/mol. The highest BCUT2D eigenvalue weighted by Crippen LogP contribution is 2.42. The van der Waals surface area contributed by atoms with Crippen LogP contribution in [0.25, 0.3) is 11.1 Å². The highest BCUT2D eigenvalue weighted by atomic mass is 32.1. The first-order valence-corrected chi connectivity index (χ1v) is 8.49. The zero-order valence-electron chi connectivity index (χ0n) is 13.6. The van der Waals surface area contributed by atoms with Crippen LogP contribution in [0.4, 0.5) is 5.00 Å². The van der Waals surface area contributed by atoms with Crippen LogP contribution in [-0.4, -0.2) is 12.6 Å². The third kappa shape index (κ3) is 3.17. The van der Waals surface area contributed by atoms with Gasteiger partial charge in [0.05, 0.1) is 6.61 Å². The van der Waals surface area contributed by atoms with Gasteiger partial charge in [0.2, 0.25) is 0 Å². The number of nitrogen functional groups attached to an aromatic ring is 1. The number of ether oxygens (including phenoxy) is 1. The standard InChI is InChI=1S/C18H23NO2S/c1-5-12-7-9-13(10-8-12)14-15(18(20)21-6-2)17(19)22-16(14)11(3)4/h7-11H,5-6,19H2,1-4H3. The van der Waals surface area contributed by atoms with Crippen molar-refractivity contribution < 1.29 is 9.53 Å². The molecule has 0 radical (unpaired) electrons. The molecule has 0 saturated carbocycles. The SMILES string of the molecule is CCOC(=O)c1c(N)sc(C(C)C)c1-c1ccc(CC)cc1. The molecular formula is C18H23NO2S. The molecule has 2 aromatic rings. The summed E-state index contributed by atoms with van der Waals surface area (Å²) in [4.78, 5) is 13.5. The Labute approximate surface area is 136 Å². The monoisotopic (exact) mass is 317 g/mol. The van der Waals surface area contributed by atoms with Crippen LogP contribution >= 0.6 is 11.3 Å². The van der Waals surface area contributed by atoms with Crippen LogP contribution in [-0.2, 0) is 11.2 Å². The summed E-state index contributed by atoms with van der Waals surface area (Å²) in [7, 11) is 0. The molecule has 2 N–H and O–H groups in total. The van der Waals surface area contributed by atoms with Gasteiger partial charge in [-0.3, -0.25) is 0 Å². The van der Waals surface area contributed by atoms with Gasteiger partial charge in [0.25, 0.3) is 0 Å². The molecule has 2 rings (SSSR count). The highest BCUT2D eigenvalue weighted by molar-refractivity contribution is 7.17. The van der Waals surface area contributed by atoms with Crippen LogP contribution in [0.1, 0.15) is 54.4 Å². The summed E-state index contributed by atoms with van der Waals surface area (Å²) in [6.45, 7) is 8.51. The zero-order chi connectivity index (χ0) is 16.3. The van der Waals surface area contributed by atoms with Crippen molar-refractivity contribution in [2.24, 2.45) is 0 Å². The molecule has 0 amide bonds. The van der Waals surface area contributed by atoms with Crippen LogP contribution in [0.5, 0.6) is 0 Å². The van der Waals surface area contributed by atoms with Crippen LogP contribution < -0.4 is 5.73 Å². The van der Waals surface area contributed by atoms with E-state index in [-0.39, 0.29) is 5.97 Å². The van der Waals surface area contributed by atoms with E-state index in [0.717, 1.165) is 22.4 Å². The summed E-state index contributed by atoms with van der Waals surface area (Å²) in [6, 6.07) is 8.33. The number of carbonyl (C=O) groups is 1. The minimum Gasteiger partial charge on any atom is -0.462 e. The summed E-state index contributed by atoms with van der Waals surface area (Å²) < 4.78 is 5.20. The smallest absolute Gasteiger partial charge is 0.341 e. The molecule has 22 heavy (non-hydrogen) atoms. The van der Waals surface area contributed by atoms with Crippen molar-refractivity contribution in [1.82, 2.24) is 0 Å². The maximum atomic E-state index is 12.3. The number of rotatable bonds is 5. The first-order valence-electron chi connectivity index (χ1n) is 7.68. The summed E-state index contributed by atoms with van der Waals surface area (Å²) in [6.07, 6.45) is 0.994. The molecule has 0 spiro atoms. The van der Waals surface area contributed by atoms with Gasteiger partial charge >= 0.3 is 5.97 Å². The van der Waals surface area contributed by atoms with Crippen LogP contribution in [0.3, 0.4) is 0 Å². The van der Waals surface area contributed by atoms with E-state index in [2.05, 4.69) is 45.0 Å². The maximum absolute atomic E-state index is 12.3. The molecule has 0 aliphatic heterocycles. The van der Waals surface area contributed by atoms with Gasteiger partial charge in [0.1, 0.15) is 10.6 Å². The summed E-state index contributed by atoms with van der Waals surface area (Å²) in [5.41, 5.74) is 9.86. The van der Waals surface area contributed by atoms with Crippen molar-refractivity contribution in [2.75, 3.05) is 12.3 Å². The fraction of sp³-hybridized carbons (Fsp3) is 0.389. The number of aryl methyl sites for hydroxylation is 1. The van der Waals surface area contributed by atoms with E-state index in [1.54, 1.807) is 6.92 Å². The Kier molecular flexibility index (Phi) is 5.24. The average Bonchev–Trinajstić information content (AvgIpc) is 2.85. The van der Waals surface area contributed by atoms with Gasteiger partial charge in [-0.2, -0.15) is 0 Å². The van der Waals surface area contributed by atoms with Gasteiger partial charge in [0, 0.05) is 10.4 Å². The topological polar surface area (TPSA) is 52.3 Å². The largest absolute Gasteiger partial charge is 0.462 e. The number of thiophene rings is 1. The molecule has 1 aromatic carbocycles. The van der Waals surface area contributed by atoms with Gasteiger partial charge in [-0.1, -0.05) is 45.0 Å². The lowest BCUT2D eigenvalue weighted by Gasteiger charge is -2.10. The summed E-state index contributed by atoms with van der Waals surface area (Å²) in [5, 5.41) is 0.539. The molecule has 0 unspecified atom stereocenters. The minimum absolute atomic E-state index is 0.302. The predicted octanol–water partition coefficient (Wildman–Crippen LogP) is 4.86. The van der Waals surface area contributed by atoms with E-state index in [0.29, 0.717) is 23.1 Å². The Bertz CT molecular complexity index is 656. The van der Waals surface area contributed by atoms with E-state index in [1.165, 1.54) is 16.9 Å². The second-order valence-corrected chi connectivity index (χ2v) is 6.59. The molecule has 0 aliphatic rings. The van der Waals surface area contributed by atoms with E-state index in [1.807, 2.05) is 0 Å². The van der Waals surface area contributed by atoms with Crippen molar-refractivity contribution in [3.63, 3.8) is 0 Å². The number of esters is 1. The second-order valence-electron chi connectivity index (χ2n) is 5.51. The molecule has 4 heteroatoms. The Hall–Kier alpha value is -1.81. The van der Waals surface area contributed by atoms with E-state index in [4.69, 9.17) is 10.5 Å². The number of hydrogen-bond acceptors (Lipinski definition) is 4. The summed E-state index contributed by atoms with van der Waals surface area (Å²) >= 11 is 1.49. The third-order valence-electron chi connectivity index (χ3n) is 3.62. The fourth-order valence-corrected chi connectivity index (χ4v) is 3.56. The van der Waals surface area contributed by atoms with Crippen molar-refractivity contribution in [2.45, 2.75) is 40.0 Å². The lowest BCUT2D eigenvalue weighted by Crippen LogP contribution is -2.07. The fourth-order valence-electron chi connectivity index (χ4n) is 2.47. The Balaban J connectivity index is 2.61. The lowest BCUT2D eigenvalue weighted by atomic mass is 9.96. The van der Waals surface area contributed by atoms with Crippen LogP contribution in [0.15, 0.2) is 24.3 Å². The molecule has 1 aromatic heterocycles. The molecule has 0 saturated heterocycles. The van der Waals surface area contributed by atoms with Gasteiger partial charge in [0.15, 0.2) is 0 Å². The zero-order valence-corrected chi connectivity index (χ0v) is 14.4. The Morgan fingerprint density at radius 3 is 2.36 bits per heavy atom. The van der Waals surface area contributed by atoms with Crippen molar-refractivity contribution in [3.05, 3.63) is 40.3 Å². The number of benzene rings is 1. The quantitative estimate of drug-likeness (QED) is 0.801. The minimum atomic E-state index is -0.335. The Morgan fingerprint density at radius 1 is 1.23 bits per heavy atom. The third-order valence-corrected chi connectivity index (χ3v) is 4.94. The summed E-state index contributed by atoms with van der Waals surface area (Å²) in [5.74, 6) is -0.0333. The molecule has 0 atom stereocenters. The van der Waals surface area contributed by atoms with Gasteiger partial charge < -0.3 is 10.5 Å². The van der Waals surface area contributed by atoms with Crippen molar-refractivity contribution in [1.29, 1.82) is 0 Å². The molecule has 3 nitrogen and oxygen atoms in total. The van der Waals surface area contributed by atoms with Gasteiger partial charge in [-0.05, 0) is 30.4 Å². The second kappa shape index (κ2) is 6.97. The number of nitrogens with two attached hydrogens (primary N) is 1. The van der Waals surface area contributed by atoms with Crippen molar-refractivity contribution >= 4 is 22.3 Å². The Morgan fingerprint density at radius 2 is 1.86 bits per heavy atom. The molecule has 0 bridgehead atoms. The molecule has 0 fully saturated rings. The normalized spacial score (nSPS) is 11.0. The van der Waals surface area contributed by atoms with Gasteiger partial charge in [-0.15, -0.1) is 11.3 Å². The highest BCUT2D eigenvalue weighted by Gasteiger charge is 2.25. The predicted molar refractivity (Wildman–Crippen MR) is 93.6 cm³/mol.